The van der Waals surface area contributed by atoms with E-state index in [0.717, 1.165) is 41.7 Å². The highest BCUT2D eigenvalue weighted by Gasteiger charge is 2.21. The molecule has 0 atom stereocenters. The number of fused-ring (bicyclic) bond motifs is 3. The molecule has 1 aliphatic carbocycles. The van der Waals surface area contributed by atoms with Crippen LogP contribution in [0.25, 0.3) is 11.0 Å². The van der Waals surface area contributed by atoms with E-state index in [2.05, 4.69) is 26.4 Å². The summed E-state index contributed by atoms with van der Waals surface area (Å²) in [5.74, 6) is 0.398. The molecule has 0 spiro atoms. The van der Waals surface area contributed by atoms with Crippen LogP contribution in [0.5, 0.6) is 0 Å². The van der Waals surface area contributed by atoms with E-state index in [1.807, 2.05) is 20.2 Å². The fraction of sp³-hybridized carbons (Fsp3) is 0.533. The van der Waals surface area contributed by atoms with Gasteiger partial charge in [-0.3, -0.25) is 0 Å². The molecule has 2 aromatic rings. The zero-order valence-electron chi connectivity index (χ0n) is 12.6. The van der Waals surface area contributed by atoms with Crippen molar-refractivity contribution < 1.29 is 4.85 Å². The van der Waals surface area contributed by atoms with Crippen molar-refractivity contribution in [3.63, 3.8) is 0 Å². The van der Waals surface area contributed by atoms with E-state index in [9.17, 15) is 5.21 Å². The van der Waals surface area contributed by atoms with Gasteiger partial charge in [-0.25, -0.2) is 4.98 Å². The molecule has 3 rings (SSSR count). The monoisotopic (exact) mass is 287 g/mol. The van der Waals surface area contributed by atoms with Crippen LogP contribution >= 0.6 is 0 Å². The Kier molecular flexibility index (Phi) is 3.88. The normalized spacial score (nSPS) is 14.4. The third-order valence-corrected chi connectivity index (χ3v) is 3.93. The van der Waals surface area contributed by atoms with Gasteiger partial charge < -0.3 is 15.4 Å². The van der Waals surface area contributed by atoms with Crippen molar-refractivity contribution in [3.8, 4) is 0 Å². The molecule has 1 aliphatic rings. The summed E-state index contributed by atoms with van der Waals surface area (Å²) < 4.78 is 0. The van der Waals surface area contributed by atoms with E-state index in [1.54, 1.807) is 0 Å². The van der Waals surface area contributed by atoms with Crippen LogP contribution in [-0.4, -0.2) is 42.2 Å². The van der Waals surface area contributed by atoms with Gasteiger partial charge in [0, 0.05) is 18.7 Å². The molecule has 0 fully saturated rings. The van der Waals surface area contributed by atoms with Crippen LogP contribution in [0.3, 0.4) is 0 Å². The average Bonchev–Trinajstić information content (AvgIpc) is 2.46. The van der Waals surface area contributed by atoms with Gasteiger partial charge in [0.25, 0.3) is 11.5 Å². The summed E-state index contributed by atoms with van der Waals surface area (Å²) in [4.78, 5) is 7.29. The molecule has 1 heterocycles. The van der Waals surface area contributed by atoms with Crippen LogP contribution in [-0.2, 0) is 12.8 Å². The number of hydrogen-bond acceptors (Lipinski definition) is 5. The Morgan fingerprint density at radius 1 is 1.29 bits per heavy atom. The van der Waals surface area contributed by atoms with Crippen molar-refractivity contribution in [1.29, 1.82) is 0 Å². The highest BCUT2D eigenvalue weighted by Crippen LogP contribution is 2.26. The van der Waals surface area contributed by atoms with Crippen molar-refractivity contribution in [3.05, 3.63) is 28.5 Å². The molecule has 0 bridgehead atoms. The Bertz CT molecular complexity index is 656. The minimum atomic E-state index is 0.398. The van der Waals surface area contributed by atoms with E-state index in [-0.39, 0.29) is 0 Å². The lowest BCUT2D eigenvalue weighted by Gasteiger charge is -2.16. The number of aromatic nitrogens is 3. The quantitative estimate of drug-likeness (QED) is 0.674. The summed E-state index contributed by atoms with van der Waals surface area (Å²) in [5.41, 5.74) is 3.78. The summed E-state index contributed by atoms with van der Waals surface area (Å²) in [6.45, 7) is 1.58. The van der Waals surface area contributed by atoms with E-state index in [4.69, 9.17) is 0 Å². The van der Waals surface area contributed by atoms with Gasteiger partial charge in [0.2, 0.25) is 0 Å². The first-order valence-electron chi connectivity index (χ1n) is 7.46. The number of nitrogens with one attached hydrogen (secondary N) is 1. The number of aryl methyl sites for hydroxylation is 2. The Labute approximate surface area is 124 Å². The van der Waals surface area contributed by atoms with Gasteiger partial charge in [-0.05, 0) is 56.3 Å². The van der Waals surface area contributed by atoms with Crippen molar-refractivity contribution in [2.45, 2.75) is 25.7 Å². The second-order valence-corrected chi connectivity index (χ2v) is 5.82. The summed E-state index contributed by atoms with van der Waals surface area (Å²) >= 11 is 0. The maximum absolute atomic E-state index is 12.3. The van der Waals surface area contributed by atoms with E-state index >= 15 is 0 Å². The topological polar surface area (TPSA) is 68.0 Å². The second kappa shape index (κ2) is 5.81. The Morgan fingerprint density at radius 2 is 2.10 bits per heavy atom. The SMILES string of the molecule is CN(C)CCNc1nc2ccc3c(c2[n+]([O-])n1)CCCC3. The van der Waals surface area contributed by atoms with Crippen LogP contribution in [0.1, 0.15) is 24.0 Å². The zero-order chi connectivity index (χ0) is 14.8. The highest BCUT2D eigenvalue weighted by atomic mass is 16.5. The number of anilines is 1. The smallest absolute Gasteiger partial charge is 0.290 e. The summed E-state index contributed by atoms with van der Waals surface area (Å²) in [6, 6.07) is 4.04. The number of nitrogens with zero attached hydrogens (tertiary/aromatic N) is 4. The van der Waals surface area contributed by atoms with Crippen molar-refractivity contribution in [2.75, 3.05) is 32.5 Å². The molecule has 0 saturated carbocycles. The van der Waals surface area contributed by atoms with Crippen molar-refractivity contribution >= 4 is 17.0 Å². The molecule has 1 aromatic heterocycles. The number of benzene rings is 1. The molecule has 0 radical (unpaired) electrons. The molecular weight excluding hydrogens is 266 g/mol. The average molecular weight is 287 g/mol. The fourth-order valence-corrected chi connectivity index (χ4v) is 2.84. The lowest BCUT2D eigenvalue weighted by molar-refractivity contribution is -0.642. The molecular formula is C15H21N5O. The standard InChI is InChI=1S/C15H21N5O/c1-19(2)10-9-16-15-17-13-8-7-11-5-3-4-6-12(11)14(13)20(21)18-15/h7-8H,3-6,9-10H2,1-2H3,(H,16,17,18). The Balaban J connectivity index is 1.93. The van der Waals surface area contributed by atoms with Crippen LogP contribution in [0.4, 0.5) is 5.95 Å². The summed E-state index contributed by atoms with van der Waals surface area (Å²) in [7, 11) is 4.01. The van der Waals surface area contributed by atoms with Gasteiger partial charge in [-0.1, -0.05) is 6.07 Å². The zero-order valence-corrected chi connectivity index (χ0v) is 12.6. The molecule has 1 N–H and O–H groups in total. The predicted octanol–water partition coefficient (Wildman–Crippen LogP) is 1.12. The minimum absolute atomic E-state index is 0.398. The van der Waals surface area contributed by atoms with Gasteiger partial charge in [-0.2, -0.15) is 0 Å². The molecule has 6 heteroatoms. The first kappa shape index (κ1) is 14.0. The lowest BCUT2D eigenvalue weighted by Crippen LogP contribution is -2.35. The predicted molar refractivity (Wildman–Crippen MR) is 82.2 cm³/mol. The fourth-order valence-electron chi connectivity index (χ4n) is 2.84. The van der Waals surface area contributed by atoms with Crippen LogP contribution < -0.4 is 10.2 Å². The molecule has 0 amide bonds. The van der Waals surface area contributed by atoms with Crippen molar-refractivity contribution in [2.24, 2.45) is 0 Å². The van der Waals surface area contributed by atoms with E-state index < -0.39 is 0 Å². The van der Waals surface area contributed by atoms with Gasteiger partial charge in [0.05, 0.1) is 5.10 Å². The van der Waals surface area contributed by atoms with Gasteiger partial charge in [0.1, 0.15) is 5.52 Å². The summed E-state index contributed by atoms with van der Waals surface area (Å²) in [5, 5.41) is 19.4. The minimum Gasteiger partial charge on any atom is -0.594 e. The first-order valence-corrected chi connectivity index (χ1v) is 7.46. The van der Waals surface area contributed by atoms with Gasteiger partial charge in [0.15, 0.2) is 0 Å². The van der Waals surface area contributed by atoms with E-state index in [0.29, 0.717) is 18.0 Å². The number of hydrogen-bond donors (Lipinski definition) is 1. The number of rotatable bonds is 4. The maximum atomic E-state index is 12.3. The molecule has 6 nitrogen and oxygen atoms in total. The number of likely N-dealkylation sites (N-methyl/N-ethyl adjacent to an activating group) is 1. The van der Waals surface area contributed by atoms with Crippen molar-refractivity contribution in [1.82, 2.24) is 15.0 Å². The van der Waals surface area contributed by atoms with Gasteiger partial charge >= 0.3 is 0 Å². The molecule has 112 valence electrons. The maximum Gasteiger partial charge on any atom is 0.290 e. The Hall–Kier alpha value is -1.95. The second-order valence-electron chi connectivity index (χ2n) is 5.82. The molecule has 21 heavy (non-hydrogen) atoms. The van der Waals surface area contributed by atoms with Gasteiger partial charge in [-0.15, -0.1) is 0 Å². The highest BCUT2D eigenvalue weighted by molar-refractivity contribution is 5.77. The third kappa shape index (κ3) is 2.90. The molecule has 0 saturated heterocycles. The third-order valence-electron chi connectivity index (χ3n) is 3.93. The molecule has 0 unspecified atom stereocenters. The first-order chi connectivity index (χ1) is 10.1. The summed E-state index contributed by atoms with van der Waals surface area (Å²) in [6.07, 6.45) is 4.33. The van der Waals surface area contributed by atoms with Crippen LogP contribution in [0, 0.1) is 5.21 Å². The van der Waals surface area contributed by atoms with E-state index in [1.165, 1.54) is 12.0 Å². The molecule has 0 aliphatic heterocycles. The van der Waals surface area contributed by atoms with Crippen LogP contribution in [0.15, 0.2) is 12.1 Å². The largest absolute Gasteiger partial charge is 0.594 e. The Morgan fingerprint density at radius 3 is 2.90 bits per heavy atom. The lowest BCUT2D eigenvalue weighted by atomic mass is 9.91. The molecule has 1 aromatic carbocycles. The van der Waals surface area contributed by atoms with Crippen LogP contribution in [0.2, 0.25) is 0 Å².